The average molecular weight is 619 g/mol. The Labute approximate surface area is 279 Å². The van der Waals surface area contributed by atoms with E-state index in [-0.39, 0.29) is 12.1 Å². The van der Waals surface area contributed by atoms with Crippen molar-refractivity contribution in [1.82, 2.24) is 0 Å². The molecule has 0 aromatic carbocycles. The van der Waals surface area contributed by atoms with Gasteiger partial charge in [-0.15, -0.1) is 0 Å². The van der Waals surface area contributed by atoms with Gasteiger partial charge in [-0.3, -0.25) is 4.79 Å². The first-order chi connectivity index (χ1) is 21.7. The summed E-state index contributed by atoms with van der Waals surface area (Å²) in [6, 6.07) is 0. The fourth-order valence-electron chi connectivity index (χ4n) is 10.5. The molecule has 0 N–H and O–H groups in total. The lowest BCUT2D eigenvalue weighted by molar-refractivity contribution is -0.151. The minimum Gasteiger partial charge on any atom is -0.462 e. The first-order valence-electron chi connectivity index (χ1n) is 19.5. The number of ether oxygens (including phenoxy) is 1. The van der Waals surface area contributed by atoms with E-state index in [0.29, 0.717) is 17.3 Å². The van der Waals surface area contributed by atoms with E-state index in [9.17, 15) is 4.79 Å². The summed E-state index contributed by atoms with van der Waals surface area (Å²) in [5.41, 5.74) is 2.50. The molecule has 0 heterocycles. The maximum Gasteiger partial charge on any atom is 0.306 e. The first-order valence-corrected chi connectivity index (χ1v) is 19.5. The summed E-state index contributed by atoms with van der Waals surface area (Å²) in [6.07, 6.45) is 38.8. The summed E-state index contributed by atoms with van der Waals surface area (Å²) in [7, 11) is 0. The number of esters is 1. The number of unbranched alkanes of at least 4 members (excludes halogenated alkanes) is 3. The van der Waals surface area contributed by atoms with Crippen molar-refractivity contribution in [2.24, 2.45) is 46.3 Å². The van der Waals surface area contributed by atoms with E-state index in [4.69, 9.17) is 4.74 Å². The smallest absolute Gasteiger partial charge is 0.306 e. The maximum absolute atomic E-state index is 12.8. The van der Waals surface area contributed by atoms with Crippen molar-refractivity contribution in [3.8, 4) is 0 Å². The maximum atomic E-state index is 12.8. The van der Waals surface area contributed by atoms with Crippen LogP contribution in [0.25, 0.3) is 0 Å². The predicted molar refractivity (Wildman–Crippen MR) is 193 cm³/mol. The Balaban J connectivity index is 1.18. The number of carbonyl (C=O) groups is 1. The van der Waals surface area contributed by atoms with Crippen molar-refractivity contribution in [2.45, 2.75) is 170 Å². The van der Waals surface area contributed by atoms with Gasteiger partial charge in [-0.1, -0.05) is 115 Å². The third kappa shape index (κ3) is 9.50. The van der Waals surface area contributed by atoms with Gasteiger partial charge in [-0.05, 0) is 130 Å². The third-order valence-corrected chi connectivity index (χ3v) is 13.1. The molecule has 0 aromatic rings. The molecule has 2 nitrogen and oxygen atoms in total. The summed E-state index contributed by atoms with van der Waals surface area (Å²) in [4.78, 5) is 12.8. The Morgan fingerprint density at radius 1 is 0.867 bits per heavy atom. The van der Waals surface area contributed by atoms with Crippen molar-refractivity contribution in [1.29, 1.82) is 0 Å². The molecule has 3 saturated carbocycles. The van der Waals surface area contributed by atoms with Crippen molar-refractivity contribution in [2.75, 3.05) is 0 Å². The number of rotatable bonds is 17. The monoisotopic (exact) mass is 619 g/mol. The molecular weight excluding hydrogens is 548 g/mol. The zero-order valence-electron chi connectivity index (χ0n) is 30.3. The Bertz CT molecular complexity index is 1030. The van der Waals surface area contributed by atoms with Gasteiger partial charge in [0.2, 0.25) is 0 Å². The van der Waals surface area contributed by atoms with Crippen molar-refractivity contribution in [3.05, 3.63) is 48.1 Å². The van der Waals surface area contributed by atoms with Crippen molar-refractivity contribution >= 4 is 5.97 Å². The molecule has 254 valence electrons. The molecule has 0 unspecified atom stereocenters. The Hall–Kier alpha value is -1.57. The van der Waals surface area contributed by atoms with Crippen LogP contribution in [-0.4, -0.2) is 12.1 Å². The molecule has 0 amide bonds. The lowest BCUT2D eigenvalue weighted by Gasteiger charge is -2.58. The molecule has 8 atom stereocenters. The summed E-state index contributed by atoms with van der Waals surface area (Å²) in [6.45, 7) is 14.8. The molecule has 45 heavy (non-hydrogen) atoms. The van der Waals surface area contributed by atoms with Crippen LogP contribution in [-0.2, 0) is 9.53 Å². The van der Waals surface area contributed by atoms with Gasteiger partial charge in [0, 0.05) is 12.8 Å². The second kappa shape index (κ2) is 17.5. The lowest BCUT2D eigenvalue weighted by Crippen LogP contribution is -2.51. The highest BCUT2D eigenvalue weighted by Crippen LogP contribution is 2.67. The molecule has 4 rings (SSSR count). The molecule has 0 spiro atoms. The molecule has 4 aliphatic carbocycles. The molecule has 0 bridgehead atoms. The van der Waals surface area contributed by atoms with Crippen LogP contribution in [0.3, 0.4) is 0 Å². The van der Waals surface area contributed by atoms with Crippen LogP contribution in [0.1, 0.15) is 164 Å². The number of carbonyl (C=O) groups excluding carboxylic acids is 1. The molecular formula is C43H70O2. The van der Waals surface area contributed by atoms with E-state index in [0.717, 1.165) is 93.3 Å². The Morgan fingerprint density at radius 2 is 1.62 bits per heavy atom. The zero-order chi connectivity index (χ0) is 32.3. The molecule has 0 saturated heterocycles. The van der Waals surface area contributed by atoms with Crippen LogP contribution in [0.15, 0.2) is 48.1 Å². The minimum absolute atomic E-state index is 0.0311. The second-order valence-corrected chi connectivity index (χ2v) is 16.5. The van der Waals surface area contributed by atoms with Crippen LogP contribution < -0.4 is 0 Å². The fourth-order valence-corrected chi connectivity index (χ4v) is 10.5. The van der Waals surface area contributed by atoms with E-state index in [2.05, 4.69) is 84.1 Å². The number of hydrogen-bond donors (Lipinski definition) is 0. The highest BCUT2D eigenvalue weighted by Gasteiger charge is 2.59. The molecule has 4 aliphatic rings. The van der Waals surface area contributed by atoms with Gasteiger partial charge in [0.15, 0.2) is 0 Å². The summed E-state index contributed by atoms with van der Waals surface area (Å²) >= 11 is 0. The van der Waals surface area contributed by atoms with Gasteiger partial charge in [0.1, 0.15) is 6.10 Å². The number of hydrogen-bond acceptors (Lipinski definition) is 2. The Kier molecular flexibility index (Phi) is 14.1. The third-order valence-electron chi connectivity index (χ3n) is 13.1. The molecule has 2 heteroatoms. The van der Waals surface area contributed by atoms with E-state index in [1.807, 2.05) is 0 Å². The summed E-state index contributed by atoms with van der Waals surface area (Å²) in [5.74, 6) is 5.26. The van der Waals surface area contributed by atoms with E-state index in [1.165, 1.54) is 57.8 Å². The molecule has 0 radical (unpaired) electrons. The SMILES string of the molecule is CC/C=C\C/C=C\C/C=C\CCCCCC(=O)O[C@H]1CC[C@@]2(C)C(=CC[C@H]3[C@@H]4CC[C@H]([C@H](C)CCCC(C)C)[C@@]4(C)CC[C@@H]32)C1. The quantitative estimate of drug-likeness (QED) is 0.0921. The van der Waals surface area contributed by atoms with Crippen molar-refractivity contribution in [3.63, 3.8) is 0 Å². The second-order valence-electron chi connectivity index (χ2n) is 16.5. The van der Waals surface area contributed by atoms with Crippen LogP contribution in [0.5, 0.6) is 0 Å². The van der Waals surface area contributed by atoms with E-state index in [1.54, 1.807) is 5.57 Å². The fraction of sp³-hybridized carbons (Fsp3) is 0.791. The molecule has 0 aromatic heterocycles. The van der Waals surface area contributed by atoms with Crippen LogP contribution in [0.2, 0.25) is 0 Å². The van der Waals surface area contributed by atoms with Gasteiger partial charge in [0.05, 0.1) is 0 Å². The molecule has 0 aliphatic heterocycles. The average Bonchev–Trinajstić information content (AvgIpc) is 3.37. The van der Waals surface area contributed by atoms with Gasteiger partial charge < -0.3 is 4.74 Å². The van der Waals surface area contributed by atoms with Gasteiger partial charge in [-0.2, -0.15) is 0 Å². The normalized spacial score (nSPS) is 33.8. The largest absolute Gasteiger partial charge is 0.462 e. The Morgan fingerprint density at radius 3 is 2.38 bits per heavy atom. The summed E-state index contributed by atoms with van der Waals surface area (Å²) in [5, 5.41) is 0. The zero-order valence-corrected chi connectivity index (χ0v) is 30.3. The van der Waals surface area contributed by atoms with Crippen LogP contribution in [0, 0.1) is 46.3 Å². The van der Waals surface area contributed by atoms with E-state index < -0.39 is 0 Å². The topological polar surface area (TPSA) is 26.3 Å². The van der Waals surface area contributed by atoms with Gasteiger partial charge in [0.25, 0.3) is 0 Å². The van der Waals surface area contributed by atoms with E-state index >= 15 is 0 Å². The highest BCUT2D eigenvalue weighted by atomic mass is 16.5. The van der Waals surface area contributed by atoms with Crippen molar-refractivity contribution < 1.29 is 9.53 Å². The minimum atomic E-state index is 0.0311. The number of allylic oxidation sites excluding steroid dienone is 7. The van der Waals surface area contributed by atoms with Crippen LogP contribution >= 0.6 is 0 Å². The van der Waals surface area contributed by atoms with Gasteiger partial charge in [-0.25, -0.2) is 0 Å². The first kappa shape index (κ1) is 36.3. The lowest BCUT2D eigenvalue weighted by atomic mass is 9.47. The highest BCUT2D eigenvalue weighted by molar-refractivity contribution is 5.69. The standard InChI is InChI=1S/C43H70O2/c1-7-8-9-10-11-12-13-14-15-16-17-18-19-23-41(44)45-36-28-30-42(5)35(32-36)24-25-37-39-27-26-38(34(4)22-20-21-33(2)3)43(39,6)31-29-40(37)42/h8-9,11-12,14-15,24,33-34,36-40H,7,10,13,16-23,25-32H2,1-6H3/b9-8-,12-11-,15-14-/t34-,36+,37+,38-,39+,40+,42+,43-/m1/s1. The van der Waals surface area contributed by atoms with Gasteiger partial charge >= 0.3 is 5.97 Å². The van der Waals surface area contributed by atoms with Crippen LogP contribution in [0.4, 0.5) is 0 Å². The predicted octanol–water partition coefficient (Wildman–Crippen LogP) is 12.7. The molecule has 3 fully saturated rings. The summed E-state index contributed by atoms with van der Waals surface area (Å²) < 4.78 is 6.09. The number of fused-ring (bicyclic) bond motifs is 5.